The summed E-state index contributed by atoms with van der Waals surface area (Å²) in [5.74, 6) is 0.000108. The SMILES string of the molecule is CCCNC(Cc1cccc(OC)c1F)c1cnn(C)c1. The zero-order valence-electron chi connectivity index (χ0n) is 12.8. The molecule has 1 N–H and O–H groups in total. The summed E-state index contributed by atoms with van der Waals surface area (Å²) in [6, 6.07) is 5.30. The minimum atomic E-state index is -0.285. The van der Waals surface area contributed by atoms with E-state index in [-0.39, 0.29) is 17.6 Å². The standard InChI is InChI=1S/C16H22FN3O/c1-4-8-18-14(13-10-19-20(2)11-13)9-12-6-5-7-15(21-3)16(12)17/h5-7,10-11,14,18H,4,8-9H2,1-3H3. The third-order valence-corrected chi connectivity index (χ3v) is 3.46. The average Bonchev–Trinajstić information content (AvgIpc) is 2.91. The third kappa shape index (κ3) is 3.82. The number of hydrogen-bond donors (Lipinski definition) is 1. The largest absolute Gasteiger partial charge is 0.494 e. The van der Waals surface area contributed by atoms with Gasteiger partial charge in [0.05, 0.1) is 13.3 Å². The van der Waals surface area contributed by atoms with E-state index in [1.807, 2.05) is 25.5 Å². The van der Waals surface area contributed by atoms with E-state index in [9.17, 15) is 4.39 Å². The highest BCUT2D eigenvalue weighted by atomic mass is 19.1. The lowest BCUT2D eigenvalue weighted by molar-refractivity contribution is 0.382. The Kier molecular flexibility index (Phi) is 5.33. The van der Waals surface area contributed by atoms with Crippen molar-refractivity contribution in [3.8, 4) is 5.75 Å². The van der Waals surface area contributed by atoms with Crippen LogP contribution in [0.25, 0.3) is 0 Å². The molecule has 1 heterocycles. The van der Waals surface area contributed by atoms with Crippen molar-refractivity contribution in [2.45, 2.75) is 25.8 Å². The van der Waals surface area contributed by atoms with Gasteiger partial charge in [-0.25, -0.2) is 4.39 Å². The molecule has 0 aliphatic heterocycles. The normalized spacial score (nSPS) is 12.4. The fourth-order valence-corrected chi connectivity index (χ4v) is 2.34. The summed E-state index contributed by atoms with van der Waals surface area (Å²) in [7, 11) is 3.36. The van der Waals surface area contributed by atoms with Crippen molar-refractivity contribution in [3.63, 3.8) is 0 Å². The molecule has 0 radical (unpaired) electrons. The Labute approximate surface area is 124 Å². The number of ether oxygens (including phenoxy) is 1. The lowest BCUT2D eigenvalue weighted by Gasteiger charge is -2.18. The van der Waals surface area contributed by atoms with Gasteiger partial charge in [-0.05, 0) is 31.0 Å². The van der Waals surface area contributed by atoms with E-state index in [1.54, 1.807) is 16.8 Å². The van der Waals surface area contributed by atoms with Crippen LogP contribution in [0.1, 0.15) is 30.5 Å². The first-order chi connectivity index (χ1) is 10.2. The average molecular weight is 291 g/mol. The van der Waals surface area contributed by atoms with Crippen LogP contribution in [0.2, 0.25) is 0 Å². The van der Waals surface area contributed by atoms with Crippen molar-refractivity contribution in [1.82, 2.24) is 15.1 Å². The quantitative estimate of drug-likeness (QED) is 0.852. The minimum Gasteiger partial charge on any atom is -0.494 e. The Morgan fingerprint density at radius 2 is 2.24 bits per heavy atom. The van der Waals surface area contributed by atoms with Crippen LogP contribution in [0, 0.1) is 5.82 Å². The summed E-state index contributed by atoms with van der Waals surface area (Å²) >= 11 is 0. The van der Waals surface area contributed by atoms with Crippen molar-refractivity contribution in [3.05, 3.63) is 47.5 Å². The topological polar surface area (TPSA) is 39.1 Å². The van der Waals surface area contributed by atoms with E-state index < -0.39 is 0 Å². The number of benzene rings is 1. The Morgan fingerprint density at radius 1 is 1.43 bits per heavy atom. The van der Waals surface area contributed by atoms with Crippen LogP contribution in [-0.2, 0) is 13.5 Å². The highest BCUT2D eigenvalue weighted by molar-refractivity contribution is 5.32. The van der Waals surface area contributed by atoms with Gasteiger partial charge in [0.2, 0.25) is 0 Å². The molecule has 1 aromatic heterocycles. The number of hydrogen-bond acceptors (Lipinski definition) is 3. The second-order valence-electron chi connectivity index (χ2n) is 5.09. The molecule has 0 bridgehead atoms. The van der Waals surface area contributed by atoms with Gasteiger partial charge in [-0.15, -0.1) is 0 Å². The first-order valence-corrected chi connectivity index (χ1v) is 7.19. The van der Waals surface area contributed by atoms with Gasteiger partial charge in [0.25, 0.3) is 0 Å². The molecule has 0 saturated carbocycles. The summed E-state index contributed by atoms with van der Waals surface area (Å²) in [6.07, 6.45) is 5.38. The van der Waals surface area contributed by atoms with Gasteiger partial charge in [0.1, 0.15) is 0 Å². The van der Waals surface area contributed by atoms with E-state index in [0.29, 0.717) is 12.0 Å². The lowest BCUT2D eigenvalue weighted by Crippen LogP contribution is -2.24. The van der Waals surface area contributed by atoms with Crippen LogP contribution in [0.3, 0.4) is 0 Å². The van der Waals surface area contributed by atoms with Crippen LogP contribution in [0.15, 0.2) is 30.6 Å². The number of halogens is 1. The van der Waals surface area contributed by atoms with E-state index in [2.05, 4.69) is 17.3 Å². The monoisotopic (exact) mass is 291 g/mol. The van der Waals surface area contributed by atoms with Gasteiger partial charge in [-0.2, -0.15) is 5.10 Å². The van der Waals surface area contributed by atoms with Crippen LogP contribution in [-0.4, -0.2) is 23.4 Å². The van der Waals surface area contributed by atoms with Crippen LogP contribution >= 0.6 is 0 Å². The molecule has 1 atom stereocenters. The Morgan fingerprint density at radius 3 is 2.86 bits per heavy atom. The van der Waals surface area contributed by atoms with Gasteiger partial charge in [-0.3, -0.25) is 4.68 Å². The van der Waals surface area contributed by atoms with Crippen LogP contribution < -0.4 is 10.1 Å². The Balaban J connectivity index is 2.22. The fourth-order valence-electron chi connectivity index (χ4n) is 2.34. The molecule has 114 valence electrons. The highest BCUT2D eigenvalue weighted by Gasteiger charge is 2.17. The van der Waals surface area contributed by atoms with E-state index in [1.165, 1.54) is 7.11 Å². The number of rotatable bonds is 7. The number of aromatic nitrogens is 2. The van der Waals surface area contributed by atoms with Gasteiger partial charge in [0.15, 0.2) is 11.6 Å². The number of nitrogens with one attached hydrogen (secondary N) is 1. The minimum absolute atomic E-state index is 0.0419. The zero-order valence-corrected chi connectivity index (χ0v) is 12.8. The molecule has 21 heavy (non-hydrogen) atoms. The maximum Gasteiger partial charge on any atom is 0.168 e. The molecular formula is C16H22FN3O. The molecule has 1 aromatic carbocycles. The molecule has 0 spiro atoms. The second kappa shape index (κ2) is 7.22. The first-order valence-electron chi connectivity index (χ1n) is 7.19. The molecular weight excluding hydrogens is 269 g/mol. The summed E-state index contributed by atoms with van der Waals surface area (Å²) in [4.78, 5) is 0. The summed E-state index contributed by atoms with van der Waals surface area (Å²) in [6.45, 7) is 2.99. The third-order valence-electron chi connectivity index (χ3n) is 3.46. The van der Waals surface area contributed by atoms with Gasteiger partial charge < -0.3 is 10.1 Å². The van der Waals surface area contributed by atoms with E-state index in [0.717, 1.165) is 18.5 Å². The zero-order chi connectivity index (χ0) is 15.2. The maximum atomic E-state index is 14.3. The smallest absolute Gasteiger partial charge is 0.168 e. The number of methoxy groups -OCH3 is 1. The molecule has 0 saturated heterocycles. The van der Waals surface area contributed by atoms with Crippen molar-refractivity contribution in [1.29, 1.82) is 0 Å². The van der Waals surface area contributed by atoms with Crippen LogP contribution in [0.4, 0.5) is 4.39 Å². The molecule has 0 aliphatic carbocycles. The van der Waals surface area contributed by atoms with Crippen molar-refractivity contribution >= 4 is 0 Å². The fraction of sp³-hybridized carbons (Fsp3) is 0.438. The molecule has 0 fully saturated rings. The molecule has 2 aromatic rings. The highest BCUT2D eigenvalue weighted by Crippen LogP contribution is 2.25. The maximum absolute atomic E-state index is 14.3. The number of aryl methyl sites for hydroxylation is 1. The predicted molar refractivity (Wildman–Crippen MR) is 80.9 cm³/mol. The van der Waals surface area contributed by atoms with Gasteiger partial charge >= 0.3 is 0 Å². The summed E-state index contributed by atoms with van der Waals surface area (Å²) in [5, 5.41) is 7.65. The van der Waals surface area contributed by atoms with E-state index >= 15 is 0 Å². The Bertz CT molecular complexity index is 583. The lowest BCUT2D eigenvalue weighted by atomic mass is 10.0. The summed E-state index contributed by atoms with van der Waals surface area (Å²) < 4.78 is 21.1. The molecule has 4 nitrogen and oxygen atoms in total. The second-order valence-corrected chi connectivity index (χ2v) is 5.09. The van der Waals surface area contributed by atoms with Gasteiger partial charge in [0, 0.05) is 24.8 Å². The predicted octanol–water partition coefficient (Wildman–Crippen LogP) is 2.85. The Hall–Kier alpha value is -1.88. The molecule has 2 rings (SSSR count). The van der Waals surface area contributed by atoms with E-state index in [4.69, 9.17) is 4.74 Å². The van der Waals surface area contributed by atoms with Crippen LogP contribution in [0.5, 0.6) is 5.75 Å². The van der Waals surface area contributed by atoms with Gasteiger partial charge in [-0.1, -0.05) is 19.1 Å². The molecule has 5 heteroatoms. The molecule has 0 aliphatic rings. The summed E-state index contributed by atoms with van der Waals surface area (Å²) in [5.41, 5.74) is 1.71. The molecule has 0 amide bonds. The molecule has 1 unspecified atom stereocenters. The number of nitrogens with zero attached hydrogens (tertiary/aromatic N) is 2. The van der Waals surface area contributed by atoms with Crippen molar-refractivity contribution < 1.29 is 9.13 Å². The van der Waals surface area contributed by atoms with Crippen molar-refractivity contribution in [2.75, 3.05) is 13.7 Å². The van der Waals surface area contributed by atoms with Crippen molar-refractivity contribution in [2.24, 2.45) is 7.05 Å². The first kappa shape index (κ1) is 15.5.